The Kier molecular flexibility index (Phi) is 4.38. The van der Waals surface area contributed by atoms with Gasteiger partial charge in [0.25, 0.3) is 5.91 Å². The first kappa shape index (κ1) is 12.3. The molecule has 0 bridgehead atoms. The molecule has 0 radical (unpaired) electrons. The summed E-state index contributed by atoms with van der Waals surface area (Å²) >= 11 is 2.15. The van der Waals surface area contributed by atoms with Crippen LogP contribution in [0.25, 0.3) is 0 Å². The highest BCUT2D eigenvalue weighted by Crippen LogP contribution is 2.21. The summed E-state index contributed by atoms with van der Waals surface area (Å²) in [5.74, 6) is 0.738. The van der Waals surface area contributed by atoms with Gasteiger partial charge in [0.15, 0.2) is 0 Å². The maximum absolute atomic E-state index is 11.7. The van der Waals surface area contributed by atoms with Crippen molar-refractivity contribution in [2.75, 3.05) is 7.11 Å². The molecule has 1 rings (SSSR count). The molecule has 1 aromatic carbocycles. The van der Waals surface area contributed by atoms with Crippen LogP contribution in [0, 0.1) is 3.57 Å². The molecular formula is C11H14INO2. The average Bonchev–Trinajstić information content (AvgIpc) is 2.16. The van der Waals surface area contributed by atoms with E-state index in [-0.39, 0.29) is 11.9 Å². The van der Waals surface area contributed by atoms with Gasteiger partial charge in [0.05, 0.1) is 10.7 Å². The number of hydrogen-bond donors (Lipinski definition) is 1. The normalized spacial score (nSPS) is 10.2. The molecule has 0 aromatic heterocycles. The number of ether oxygens (including phenoxy) is 1. The molecule has 0 aliphatic heterocycles. The lowest BCUT2D eigenvalue weighted by Crippen LogP contribution is -2.30. The average molecular weight is 319 g/mol. The van der Waals surface area contributed by atoms with Crippen LogP contribution in [0.15, 0.2) is 18.2 Å². The van der Waals surface area contributed by atoms with E-state index < -0.39 is 0 Å². The van der Waals surface area contributed by atoms with Crippen LogP contribution in [0.5, 0.6) is 5.75 Å². The molecule has 0 aliphatic rings. The number of hydrogen-bond acceptors (Lipinski definition) is 2. The zero-order chi connectivity index (χ0) is 11.4. The third-order valence-corrected chi connectivity index (χ3v) is 2.68. The van der Waals surface area contributed by atoms with Gasteiger partial charge in [-0.2, -0.15) is 0 Å². The number of carbonyl (C=O) groups excluding carboxylic acids is 1. The van der Waals surface area contributed by atoms with E-state index in [9.17, 15) is 4.79 Å². The van der Waals surface area contributed by atoms with E-state index in [1.165, 1.54) is 0 Å². The van der Waals surface area contributed by atoms with E-state index in [0.717, 1.165) is 9.32 Å². The maximum Gasteiger partial charge on any atom is 0.251 e. The van der Waals surface area contributed by atoms with Crippen LogP contribution in [0.3, 0.4) is 0 Å². The molecule has 15 heavy (non-hydrogen) atoms. The molecule has 1 amide bonds. The summed E-state index contributed by atoms with van der Waals surface area (Å²) in [6, 6.07) is 5.53. The van der Waals surface area contributed by atoms with E-state index >= 15 is 0 Å². The predicted molar refractivity (Wildman–Crippen MR) is 68.3 cm³/mol. The zero-order valence-electron chi connectivity index (χ0n) is 9.00. The van der Waals surface area contributed by atoms with Gasteiger partial charge in [-0.25, -0.2) is 0 Å². The summed E-state index contributed by atoms with van der Waals surface area (Å²) in [6.07, 6.45) is 0. The molecule has 0 atom stereocenters. The van der Waals surface area contributed by atoms with E-state index in [2.05, 4.69) is 27.9 Å². The Hall–Kier alpha value is -0.780. The first-order chi connectivity index (χ1) is 7.04. The fourth-order valence-electron chi connectivity index (χ4n) is 1.15. The number of rotatable bonds is 3. The van der Waals surface area contributed by atoms with Gasteiger partial charge < -0.3 is 10.1 Å². The Morgan fingerprint density at radius 2 is 2.13 bits per heavy atom. The summed E-state index contributed by atoms with van der Waals surface area (Å²) < 4.78 is 6.06. The van der Waals surface area contributed by atoms with Gasteiger partial charge in [-0.1, -0.05) is 0 Å². The number of carbonyl (C=O) groups is 1. The molecule has 0 saturated heterocycles. The molecule has 0 saturated carbocycles. The van der Waals surface area contributed by atoms with Gasteiger partial charge >= 0.3 is 0 Å². The van der Waals surface area contributed by atoms with Crippen LogP contribution in [0.2, 0.25) is 0 Å². The number of methoxy groups -OCH3 is 1. The van der Waals surface area contributed by atoms with Gasteiger partial charge in [-0.3, -0.25) is 4.79 Å². The van der Waals surface area contributed by atoms with Crippen LogP contribution in [0.1, 0.15) is 24.2 Å². The molecule has 0 aliphatic carbocycles. The molecule has 3 nitrogen and oxygen atoms in total. The van der Waals surface area contributed by atoms with Crippen LogP contribution in [-0.4, -0.2) is 19.1 Å². The van der Waals surface area contributed by atoms with Crippen molar-refractivity contribution in [3.8, 4) is 5.75 Å². The molecule has 0 fully saturated rings. The Bertz CT molecular complexity index is 364. The molecule has 0 heterocycles. The second kappa shape index (κ2) is 5.34. The topological polar surface area (TPSA) is 38.3 Å². The van der Waals surface area contributed by atoms with Crippen LogP contribution in [-0.2, 0) is 0 Å². The van der Waals surface area contributed by atoms with Crippen LogP contribution in [0.4, 0.5) is 0 Å². The van der Waals surface area contributed by atoms with Crippen molar-refractivity contribution >= 4 is 28.5 Å². The summed E-state index contributed by atoms with van der Waals surface area (Å²) in [5, 5.41) is 2.84. The molecular weight excluding hydrogens is 305 g/mol. The zero-order valence-corrected chi connectivity index (χ0v) is 11.2. The van der Waals surface area contributed by atoms with Crippen molar-refractivity contribution in [2.24, 2.45) is 0 Å². The third-order valence-electron chi connectivity index (χ3n) is 1.83. The van der Waals surface area contributed by atoms with Gasteiger partial charge in [0, 0.05) is 11.6 Å². The Balaban J connectivity index is 2.87. The first-order valence-corrected chi connectivity index (χ1v) is 5.77. The molecule has 0 unspecified atom stereocenters. The van der Waals surface area contributed by atoms with E-state index in [1.807, 2.05) is 19.9 Å². The largest absolute Gasteiger partial charge is 0.496 e. The van der Waals surface area contributed by atoms with Crippen molar-refractivity contribution in [1.82, 2.24) is 5.32 Å². The number of nitrogens with one attached hydrogen (secondary N) is 1. The minimum absolute atomic E-state index is 0.0504. The van der Waals surface area contributed by atoms with Gasteiger partial charge in [0.2, 0.25) is 0 Å². The third kappa shape index (κ3) is 3.37. The highest BCUT2D eigenvalue weighted by Gasteiger charge is 2.09. The van der Waals surface area contributed by atoms with Crippen molar-refractivity contribution in [2.45, 2.75) is 19.9 Å². The predicted octanol–water partition coefficient (Wildman–Crippen LogP) is 2.44. The second-order valence-corrected chi connectivity index (χ2v) is 4.64. The smallest absolute Gasteiger partial charge is 0.251 e. The monoisotopic (exact) mass is 319 g/mol. The summed E-state index contributed by atoms with van der Waals surface area (Å²) in [7, 11) is 1.62. The lowest BCUT2D eigenvalue weighted by atomic mass is 10.2. The van der Waals surface area contributed by atoms with Crippen molar-refractivity contribution < 1.29 is 9.53 Å². The quantitative estimate of drug-likeness (QED) is 0.869. The molecule has 4 heteroatoms. The standard InChI is InChI=1S/C11H14INO2/c1-7(2)13-11(14)8-4-5-10(15-3)9(12)6-8/h4-7H,1-3H3,(H,13,14). The van der Waals surface area contributed by atoms with Gasteiger partial charge in [-0.15, -0.1) is 0 Å². The fourth-order valence-corrected chi connectivity index (χ4v) is 1.89. The lowest BCUT2D eigenvalue weighted by molar-refractivity contribution is 0.0943. The summed E-state index contributed by atoms with van der Waals surface area (Å²) in [5.41, 5.74) is 0.661. The van der Waals surface area contributed by atoms with Crippen molar-refractivity contribution in [1.29, 1.82) is 0 Å². The summed E-state index contributed by atoms with van der Waals surface area (Å²) in [4.78, 5) is 11.7. The summed E-state index contributed by atoms with van der Waals surface area (Å²) in [6.45, 7) is 3.87. The Labute approximate surface area is 103 Å². The van der Waals surface area contributed by atoms with Crippen LogP contribution < -0.4 is 10.1 Å². The lowest BCUT2D eigenvalue weighted by Gasteiger charge is -2.09. The number of halogens is 1. The highest BCUT2D eigenvalue weighted by molar-refractivity contribution is 14.1. The first-order valence-electron chi connectivity index (χ1n) is 4.69. The minimum Gasteiger partial charge on any atom is -0.496 e. The molecule has 82 valence electrons. The number of benzene rings is 1. The van der Waals surface area contributed by atoms with E-state index in [0.29, 0.717) is 5.56 Å². The highest BCUT2D eigenvalue weighted by atomic mass is 127. The van der Waals surface area contributed by atoms with Crippen LogP contribution >= 0.6 is 22.6 Å². The van der Waals surface area contributed by atoms with Gasteiger partial charge in [0.1, 0.15) is 5.75 Å². The van der Waals surface area contributed by atoms with Crippen molar-refractivity contribution in [3.63, 3.8) is 0 Å². The maximum atomic E-state index is 11.7. The van der Waals surface area contributed by atoms with E-state index in [4.69, 9.17) is 4.74 Å². The van der Waals surface area contributed by atoms with Gasteiger partial charge in [-0.05, 0) is 54.6 Å². The fraction of sp³-hybridized carbons (Fsp3) is 0.364. The Morgan fingerprint density at radius 3 is 2.60 bits per heavy atom. The SMILES string of the molecule is COc1ccc(C(=O)NC(C)C)cc1I. The molecule has 1 aromatic rings. The minimum atomic E-state index is -0.0504. The Morgan fingerprint density at radius 1 is 1.47 bits per heavy atom. The van der Waals surface area contributed by atoms with E-state index in [1.54, 1.807) is 19.2 Å². The molecule has 0 spiro atoms. The number of amides is 1. The second-order valence-electron chi connectivity index (χ2n) is 3.48. The van der Waals surface area contributed by atoms with Crippen molar-refractivity contribution in [3.05, 3.63) is 27.3 Å². The molecule has 1 N–H and O–H groups in total.